The molecule has 262 valence electrons. The Morgan fingerprint density at radius 2 is 0.893 bits per heavy atom. The fraction of sp³-hybridized carbons (Fsp3) is 0. The molecule has 0 radical (unpaired) electrons. The van der Waals surface area contributed by atoms with Gasteiger partial charge in [-0.3, -0.25) is 0 Å². The van der Waals surface area contributed by atoms with Gasteiger partial charge in [0.1, 0.15) is 16.2 Å². The van der Waals surface area contributed by atoms with Gasteiger partial charge in [0.15, 0.2) is 17.5 Å². The first-order chi connectivity index (χ1) is 27.7. The molecule has 0 spiro atoms. The lowest BCUT2D eigenvalue weighted by Gasteiger charge is -2.11. The molecule has 0 atom stereocenters. The number of furan rings is 1. The van der Waals surface area contributed by atoms with Crippen LogP contribution in [0, 0.1) is 0 Å². The van der Waals surface area contributed by atoms with Gasteiger partial charge in [-0.1, -0.05) is 164 Å². The van der Waals surface area contributed by atoms with Crippen LogP contribution >= 0.6 is 11.3 Å². The highest BCUT2D eigenvalue weighted by atomic mass is 32.1. The largest absolute Gasteiger partial charge is 0.456 e. The van der Waals surface area contributed by atoms with Crippen molar-refractivity contribution >= 4 is 54.3 Å². The highest BCUT2D eigenvalue weighted by molar-refractivity contribution is 7.22. The summed E-state index contributed by atoms with van der Waals surface area (Å²) < 4.78 is 7.52. The van der Waals surface area contributed by atoms with Gasteiger partial charge in [0.25, 0.3) is 0 Å². The first kappa shape index (κ1) is 32.2. The van der Waals surface area contributed by atoms with Gasteiger partial charge in [-0.2, -0.15) is 0 Å². The first-order valence-electron chi connectivity index (χ1n) is 18.5. The zero-order valence-electron chi connectivity index (χ0n) is 29.9. The van der Waals surface area contributed by atoms with Crippen LogP contribution < -0.4 is 0 Å². The van der Waals surface area contributed by atoms with Crippen LogP contribution in [0.15, 0.2) is 186 Å². The lowest BCUT2D eigenvalue weighted by atomic mass is 10.0. The maximum Gasteiger partial charge on any atom is 0.166 e. The van der Waals surface area contributed by atoms with E-state index in [1.165, 1.54) is 10.8 Å². The second-order valence-electron chi connectivity index (χ2n) is 13.8. The number of rotatable bonds is 6. The Morgan fingerprint density at radius 3 is 1.55 bits per heavy atom. The number of fused-ring (bicyclic) bond motifs is 5. The van der Waals surface area contributed by atoms with E-state index in [0.29, 0.717) is 17.5 Å². The number of benzene rings is 8. The molecule has 3 heterocycles. The topological polar surface area (TPSA) is 64.7 Å². The van der Waals surface area contributed by atoms with Crippen molar-refractivity contribution in [1.29, 1.82) is 0 Å². The lowest BCUT2D eigenvalue weighted by Crippen LogP contribution is -2.00. The quantitative estimate of drug-likeness (QED) is 0.170. The van der Waals surface area contributed by atoms with Crippen LogP contribution in [0.1, 0.15) is 0 Å². The summed E-state index contributed by atoms with van der Waals surface area (Å²) in [6, 6.07) is 62.8. The third-order valence-electron chi connectivity index (χ3n) is 10.4. The van der Waals surface area contributed by atoms with E-state index < -0.39 is 0 Å². The molecule has 0 N–H and O–H groups in total. The van der Waals surface area contributed by atoms with E-state index in [0.717, 1.165) is 81.7 Å². The summed E-state index contributed by atoms with van der Waals surface area (Å²) in [5.74, 6) is 1.75. The van der Waals surface area contributed by atoms with Crippen LogP contribution in [0.3, 0.4) is 0 Å². The average Bonchev–Trinajstić information content (AvgIpc) is 3.87. The Balaban J connectivity index is 1.14. The molecule has 0 fully saturated rings. The Hall–Kier alpha value is -7.28. The van der Waals surface area contributed by atoms with E-state index in [-0.39, 0.29) is 0 Å². The molecule has 0 aliphatic rings. The molecule has 0 saturated carbocycles. The first-order valence-corrected chi connectivity index (χ1v) is 19.4. The maximum atomic E-state index is 6.53. The fourth-order valence-electron chi connectivity index (χ4n) is 7.56. The number of aromatic nitrogens is 4. The van der Waals surface area contributed by atoms with Crippen molar-refractivity contribution in [2.45, 2.75) is 0 Å². The Kier molecular flexibility index (Phi) is 7.60. The predicted octanol–water partition coefficient (Wildman–Crippen LogP) is 13.5. The van der Waals surface area contributed by atoms with E-state index in [2.05, 4.69) is 152 Å². The van der Waals surface area contributed by atoms with Crippen molar-refractivity contribution in [1.82, 2.24) is 19.9 Å². The van der Waals surface area contributed by atoms with Crippen molar-refractivity contribution in [3.05, 3.63) is 182 Å². The number of hydrogen-bond donors (Lipinski definition) is 0. The molecular weight excluding hydrogens is 705 g/mol. The zero-order valence-corrected chi connectivity index (χ0v) is 30.7. The fourth-order valence-corrected chi connectivity index (χ4v) is 8.65. The molecule has 0 bridgehead atoms. The second-order valence-corrected chi connectivity index (χ2v) is 14.8. The molecule has 11 aromatic rings. The van der Waals surface area contributed by atoms with E-state index in [1.807, 2.05) is 30.3 Å². The normalized spacial score (nSPS) is 11.6. The Bertz CT molecular complexity index is 3130. The summed E-state index contributed by atoms with van der Waals surface area (Å²) in [7, 11) is 0. The minimum atomic E-state index is 0.570. The lowest BCUT2D eigenvalue weighted by molar-refractivity contribution is 0.669. The van der Waals surface area contributed by atoms with Gasteiger partial charge < -0.3 is 4.42 Å². The molecule has 0 aliphatic heterocycles. The van der Waals surface area contributed by atoms with Gasteiger partial charge in [0.2, 0.25) is 0 Å². The number of nitrogens with zero attached hydrogens (tertiary/aromatic N) is 4. The highest BCUT2D eigenvalue weighted by Crippen LogP contribution is 2.45. The number of hydrogen-bond acceptors (Lipinski definition) is 6. The Labute approximate surface area is 326 Å². The van der Waals surface area contributed by atoms with Crippen LogP contribution in [-0.2, 0) is 0 Å². The minimum Gasteiger partial charge on any atom is -0.456 e. The third kappa shape index (κ3) is 5.63. The van der Waals surface area contributed by atoms with Crippen molar-refractivity contribution in [3.8, 4) is 67.0 Å². The Morgan fingerprint density at radius 1 is 0.375 bits per heavy atom. The molecular formula is C50H30N4OS. The van der Waals surface area contributed by atoms with Gasteiger partial charge in [-0.15, -0.1) is 11.3 Å². The van der Waals surface area contributed by atoms with E-state index >= 15 is 0 Å². The number of para-hydroxylation sites is 1. The van der Waals surface area contributed by atoms with Crippen LogP contribution in [0.25, 0.3) is 110 Å². The number of thiazole rings is 1. The van der Waals surface area contributed by atoms with Crippen molar-refractivity contribution < 1.29 is 4.42 Å². The van der Waals surface area contributed by atoms with Gasteiger partial charge in [0, 0.05) is 33.5 Å². The summed E-state index contributed by atoms with van der Waals surface area (Å²) in [5.41, 5.74) is 10.7. The standard InChI is InChI=1S/C50H30N4OS/c1-3-11-31(12-4-1)34-19-24-36(25-20-34)47-52-48(37-26-21-35(22-27-37)32-13-5-2-6-14-32)54-49(53-47)45-44-40-17-9-10-18-42(40)55-43(44)30-41-46(45)56-50(51-41)39-28-23-33-15-7-8-16-38(33)29-39/h1-30H. The van der Waals surface area contributed by atoms with E-state index in [1.54, 1.807) is 11.3 Å². The van der Waals surface area contributed by atoms with Crippen LogP contribution in [0.5, 0.6) is 0 Å². The van der Waals surface area contributed by atoms with Crippen LogP contribution in [0.4, 0.5) is 0 Å². The summed E-state index contributed by atoms with van der Waals surface area (Å²) >= 11 is 1.66. The zero-order chi connectivity index (χ0) is 37.0. The van der Waals surface area contributed by atoms with Crippen LogP contribution in [0.2, 0.25) is 0 Å². The smallest absolute Gasteiger partial charge is 0.166 e. The predicted molar refractivity (Wildman–Crippen MR) is 230 cm³/mol. The summed E-state index contributed by atoms with van der Waals surface area (Å²) in [4.78, 5) is 20.9. The molecule has 0 saturated heterocycles. The molecule has 56 heavy (non-hydrogen) atoms. The monoisotopic (exact) mass is 734 g/mol. The van der Waals surface area contributed by atoms with E-state index in [9.17, 15) is 0 Å². The van der Waals surface area contributed by atoms with Crippen molar-refractivity contribution in [3.63, 3.8) is 0 Å². The van der Waals surface area contributed by atoms with Gasteiger partial charge in [-0.25, -0.2) is 19.9 Å². The molecule has 3 aromatic heterocycles. The molecule has 6 heteroatoms. The molecule has 0 amide bonds. The highest BCUT2D eigenvalue weighted by Gasteiger charge is 2.24. The average molecular weight is 735 g/mol. The third-order valence-corrected chi connectivity index (χ3v) is 11.5. The summed E-state index contributed by atoms with van der Waals surface area (Å²) in [6.07, 6.45) is 0. The van der Waals surface area contributed by atoms with Crippen molar-refractivity contribution in [2.75, 3.05) is 0 Å². The summed E-state index contributed by atoms with van der Waals surface area (Å²) in [5, 5.41) is 5.26. The summed E-state index contributed by atoms with van der Waals surface area (Å²) in [6.45, 7) is 0. The minimum absolute atomic E-state index is 0.570. The molecule has 0 aliphatic carbocycles. The maximum absolute atomic E-state index is 6.53. The van der Waals surface area contributed by atoms with Gasteiger partial charge in [0.05, 0.1) is 15.8 Å². The molecule has 0 unspecified atom stereocenters. The van der Waals surface area contributed by atoms with Gasteiger partial charge in [-0.05, 0) is 45.2 Å². The molecule has 11 rings (SSSR count). The molecule has 8 aromatic carbocycles. The van der Waals surface area contributed by atoms with Gasteiger partial charge >= 0.3 is 0 Å². The second kappa shape index (κ2) is 13.2. The van der Waals surface area contributed by atoms with E-state index in [4.69, 9.17) is 24.4 Å². The molecule has 5 nitrogen and oxygen atoms in total. The van der Waals surface area contributed by atoms with Crippen molar-refractivity contribution in [2.24, 2.45) is 0 Å². The SMILES string of the molecule is c1ccc(-c2ccc(-c3nc(-c4ccc(-c5ccccc5)cc4)nc(-c4c5sc(-c6ccc7ccccc7c6)nc5cc5oc6ccccc6c45)n3)cc2)cc1. The van der Waals surface area contributed by atoms with Crippen LogP contribution in [-0.4, -0.2) is 19.9 Å².